The van der Waals surface area contributed by atoms with Crippen LogP contribution in [0.3, 0.4) is 0 Å². The van der Waals surface area contributed by atoms with Gasteiger partial charge in [-0.05, 0) is 57.3 Å². The first-order chi connectivity index (χ1) is 15.4. The highest BCUT2D eigenvalue weighted by molar-refractivity contribution is 7.22. The maximum Gasteiger partial charge on any atom is 0.260 e. The molecule has 0 saturated heterocycles. The highest BCUT2D eigenvalue weighted by Gasteiger charge is 2.23. The van der Waals surface area contributed by atoms with Crippen molar-refractivity contribution in [1.82, 2.24) is 9.88 Å². The smallest absolute Gasteiger partial charge is 0.260 e. The monoisotopic (exact) mass is 460 g/mol. The number of carbonyl (C=O) groups is 1. The quantitative estimate of drug-likeness (QED) is 0.406. The summed E-state index contributed by atoms with van der Waals surface area (Å²) in [6.45, 7) is 12.9. The van der Waals surface area contributed by atoms with Crippen molar-refractivity contribution < 1.29 is 13.6 Å². The molecule has 32 heavy (non-hydrogen) atoms. The second kappa shape index (κ2) is 10.8. The number of likely N-dealkylation sites (N-methyl/N-ethyl adjacent to an activating group) is 1. The molecular formula is C24H30F2N4OS. The van der Waals surface area contributed by atoms with E-state index >= 15 is 0 Å². The summed E-state index contributed by atoms with van der Waals surface area (Å²) in [6, 6.07) is 9.58. The Morgan fingerprint density at radius 3 is 2.19 bits per heavy atom. The van der Waals surface area contributed by atoms with Gasteiger partial charge in [0.25, 0.3) is 5.91 Å². The second-order valence-electron chi connectivity index (χ2n) is 7.43. The molecule has 0 aliphatic carbocycles. The van der Waals surface area contributed by atoms with Gasteiger partial charge in [-0.3, -0.25) is 9.69 Å². The summed E-state index contributed by atoms with van der Waals surface area (Å²) in [5, 5.41) is 0.370. The lowest BCUT2D eigenvalue weighted by atomic mass is 10.1. The molecule has 1 aromatic heterocycles. The number of fused-ring (bicyclic) bond motifs is 1. The fourth-order valence-corrected chi connectivity index (χ4v) is 4.72. The lowest BCUT2D eigenvalue weighted by molar-refractivity contribution is 0.0984. The maximum absolute atomic E-state index is 14.2. The topological polar surface area (TPSA) is 39.7 Å². The summed E-state index contributed by atoms with van der Waals surface area (Å²) in [4.78, 5) is 23.8. The van der Waals surface area contributed by atoms with Crippen LogP contribution in [0.25, 0.3) is 10.2 Å². The minimum absolute atomic E-state index is 0.0870. The van der Waals surface area contributed by atoms with Crippen molar-refractivity contribution >= 4 is 38.3 Å². The summed E-state index contributed by atoms with van der Waals surface area (Å²) < 4.78 is 28.3. The van der Waals surface area contributed by atoms with Crippen LogP contribution < -0.4 is 9.80 Å². The molecule has 0 spiro atoms. The van der Waals surface area contributed by atoms with Gasteiger partial charge in [0, 0.05) is 43.5 Å². The molecule has 0 N–H and O–H groups in total. The van der Waals surface area contributed by atoms with Crippen LogP contribution in [0.15, 0.2) is 36.4 Å². The van der Waals surface area contributed by atoms with E-state index in [1.807, 2.05) is 24.3 Å². The van der Waals surface area contributed by atoms with E-state index in [0.717, 1.165) is 49.3 Å². The third kappa shape index (κ3) is 5.24. The summed E-state index contributed by atoms with van der Waals surface area (Å²) in [7, 11) is 0. The molecule has 0 bridgehead atoms. The van der Waals surface area contributed by atoms with Crippen LogP contribution in [-0.4, -0.2) is 55.1 Å². The van der Waals surface area contributed by atoms with E-state index in [0.29, 0.717) is 28.5 Å². The fourth-order valence-electron chi connectivity index (χ4n) is 3.69. The van der Waals surface area contributed by atoms with Crippen LogP contribution in [0.5, 0.6) is 0 Å². The summed E-state index contributed by atoms with van der Waals surface area (Å²) >= 11 is 1.13. The Labute approximate surface area is 192 Å². The van der Waals surface area contributed by atoms with E-state index in [4.69, 9.17) is 0 Å². The van der Waals surface area contributed by atoms with Gasteiger partial charge in [0.15, 0.2) is 10.9 Å². The van der Waals surface area contributed by atoms with E-state index in [-0.39, 0.29) is 11.4 Å². The highest BCUT2D eigenvalue weighted by Crippen LogP contribution is 2.32. The molecule has 0 aliphatic rings. The second-order valence-corrected chi connectivity index (χ2v) is 8.44. The molecule has 8 heteroatoms. The first-order valence-corrected chi connectivity index (χ1v) is 11.9. The number of amides is 1. The number of halogens is 2. The van der Waals surface area contributed by atoms with Crippen LogP contribution in [0.4, 0.5) is 19.6 Å². The molecule has 1 heterocycles. The van der Waals surface area contributed by atoms with Crippen molar-refractivity contribution in [3.63, 3.8) is 0 Å². The largest absolute Gasteiger partial charge is 0.372 e. The van der Waals surface area contributed by atoms with E-state index in [9.17, 15) is 13.6 Å². The Morgan fingerprint density at radius 2 is 1.59 bits per heavy atom. The summed E-state index contributed by atoms with van der Waals surface area (Å²) in [5.41, 5.74) is 1.68. The number of carbonyl (C=O) groups excluding carboxylic acids is 1. The zero-order valence-electron chi connectivity index (χ0n) is 19.1. The zero-order chi connectivity index (χ0) is 23.3. The van der Waals surface area contributed by atoms with Crippen molar-refractivity contribution in [2.45, 2.75) is 27.7 Å². The molecular weight excluding hydrogens is 430 g/mol. The average molecular weight is 461 g/mol. The molecule has 3 rings (SSSR count). The van der Waals surface area contributed by atoms with Gasteiger partial charge in [-0.1, -0.05) is 25.2 Å². The number of hydrogen-bond acceptors (Lipinski definition) is 5. The number of hydrogen-bond donors (Lipinski definition) is 0. The molecule has 1 amide bonds. The minimum atomic E-state index is -0.720. The van der Waals surface area contributed by atoms with Crippen molar-refractivity contribution in [2.24, 2.45) is 0 Å². The molecule has 0 aliphatic heterocycles. The van der Waals surface area contributed by atoms with E-state index < -0.39 is 11.6 Å². The van der Waals surface area contributed by atoms with Gasteiger partial charge in [-0.2, -0.15) is 0 Å². The predicted octanol–water partition coefficient (Wildman–Crippen LogP) is 5.41. The third-order valence-electron chi connectivity index (χ3n) is 5.66. The molecule has 5 nitrogen and oxygen atoms in total. The van der Waals surface area contributed by atoms with E-state index in [2.05, 4.69) is 42.5 Å². The Hall–Kier alpha value is -2.58. The van der Waals surface area contributed by atoms with Gasteiger partial charge in [-0.25, -0.2) is 13.8 Å². The van der Waals surface area contributed by atoms with Crippen LogP contribution in [0, 0.1) is 11.6 Å². The molecule has 0 unspecified atom stereocenters. The fraction of sp³-hybridized carbons (Fsp3) is 0.417. The molecule has 2 aromatic carbocycles. The van der Waals surface area contributed by atoms with Crippen LogP contribution in [-0.2, 0) is 0 Å². The van der Waals surface area contributed by atoms with Gasteiger partial charge in [0.2, 0.25) is 0 Å². The molecule has 172 valence electrons. The lowest BCUT2D eigenvalue weighted by Crippen LogP contribution is -2.38. The highest BCUT2D eigenvalue weighted by atomic mass is 32.1. The van der Waals surface area contributed by atoms with E-state index in [1.54, 1.807) is 4.90 Å². The minimum Gasteiger partial charge on any atom is -0.372 e. The van der Waals surface area contributed by atoms with Crippen LogP contribution in [0.1, 0.15) is 38.1 Å². The molecule has 0 saturated carbocycles. The number of anilines is 2. The molecule has 3 aromatic rings. The van der Waals surface area contributed by atoms with Gasteiger partial charge in [0.05, 0.1) is 4.70 Å². The molecule has 0 radical (unpaired) electrons. The number of aromatic nitrogens is 1. The number of thiazole rings is 1. The normalized spacial score (nSPS) is 11.3. The molecule has 0 atom stereocenters. The summed E-state index contributed by atoms with van der Waals surface area (Å²) in [6.07, 6.45) is 0. The predicted molar refractivity (Wildman–Crippen MR) is 129 cm³/mol. The van der Waals surface area contributed by atoms with E-state index in [1.165, 1.54) is 6.07 Å². The maximum atomic E-state index is 14.2. The van der Waals surface area contributed by atoms with Gasteiger partial charge < -0.3 is 9.80 Å². The average Bonchev–Trinajstić information content (AvgIpc) is 3.22. The van der Waals surface area contributed by atoms with Gasteiger partial charge in [-0.15, -0.1) is 0 Å². The number of benzene rings is 2. The Bertz CT molecular complexity index is 1050. The van der Waals surface area contributed by atoms with Gasteiger partial charge in [0.1, 0.15) is 11.3 Å². The van der Waals surface area contributed by atoms with Crippen LogP contribution in [0.2, 0.25) is 0 Å². The number of rotatable bonds is 10. The van der Waals surface area contributed by atoms with Gasteiger partial charge >= 0.3 is 0 Å². The number of nitrogens with zero attached hydrogens (tertiary/aromatic N) is 4. The van der Waals surface area contributed by atoms with Crippen molar-refractivity contribution in [1.29, 1.82) is 0 Å². The Morgan fingerprint density at radius 1 is 0.938 bits per heavy atom. The standard InChI is InChI=1S/C24H30F2N4OS/c1-5-28(6-2)13-14-30(24-27-22-20(26)15-18(25)16-21(22)32-24)23(31)17-9-11-19(12-10-17)29(7-3)8-4/h9-12,15-16H,5-8,13-14H2,1-4H3. The zero-order valence-corrected chi connectivity index (χ0v) is 19.9. The Kier molecular flexibility index (Phi) is 8.15. The summed E-state index contributed by atoms with van der Waals surface area (Å²) in [5.74, 6) is -1.58. The van der Waals surface area contributed by atoms with Crippen molar-refractivity contribution in [2.75, 3.05) is 49.1 Å². The SMILES string of the molecule is CCN(CC)CCN(C(=O)c1ccc(N(CC)CC)cc1)c1nc2c(F)cc(F)cc2s1. The Balaban J connectivity index is 1.95. The van der Waals surface area contributed by atoms with Crippen molar-refractivity contribution in [3.8, 4) is 0 Å². The third-order valence-corrected chi connectivity index (χ3v) is 6.68. The first kappa shape index (κ1) is 24.1. The first-order valence-electron chi connectivity index (χ1n) is 11.1. The lowest BCUT2D eigenvalue weighted by Gasteiger charge is -2.25. The van der Waals surface area contributed by atoms with Crippen molar-refractivity contribution in [3.05, 3.63) is 53.6 Å². The molecule has 0 fully saturated rings. The van der Waals surface area contributed by atoms with Crippen LogP contribution >= 0.6 is 11.3 Å².